The third-order valence-corrected chi connectivity index (χ3v) is 4.06. The average Bonchev–Trinajstić information content (AvgIpc) is 3.11. The van der Waals surface area contributed by atoms with E-state index in [9.17, 15) is 9.18 Å². The predicted octanol–water partition coefficient (Wildman–Crippen LogP) is 3.47. The molecular weight excluding hydrogens is 331 g/mol. The van der Waals surface area contributed by atoms with Gasteiger partial charge >= 0.3 is 0 Å². The van der Waals surface area contributed by atoms with Gasteiger partial charge in [-0.25, -0.2) is 4.39 Å². The summed E-state index contributed by atoms with van der Waals surface area (Å²) in [5, 5.41) is 11.1. The van der Waals surface area contributed by atoms with Crippen molar-refractivity contribution < 1.29 is 9.18 Å². The zero-order chi connectivity index (χ0) is 17.9. The van der Waals surface area contributed by atoms with Crippen molar-refractivity contribution in [2.24, 2.45) is 0 Å². The van der Waals surface area contributed by atoms with Gasteiger partial charge in [0.25, 0.3) is 5.91 Å². The van der Waals surface area contributed by atoms with Gasteiger partial charge in [-0.15, -0.1) is 10.2 Å². The van der Waals surface area contributed by atoms with E-state index in [1.165, 1.54) is 12.1 Å². The van der Waals surface area contributed by atoms with Gasteiger partial charge in [-0.1, -0.05) is 30.3 Å². The molecule has 26 heavy (non-hydrogen) atoms. The highest BCUT2D eigenvalue weighted by molar-refractivity contribution is 5.94. The number of benzene rings is 2. The van der Waals surface area contributed by atoms with Crippen LogP contribution in [0, 0.1) is 5.82 Å². The molecule has 0 saturated heterocycles. The lowest BCUT2D eigenvalue weighted by Gasteiger charge is -2.07. The highest BCUT2D eigenvalue weighted by Crippen LogP contribution is 2.19. The van der Waals surface area contributed by atoms with Crippen LogP contribution in [0.5, 0.6) is 0 Å². The molecule has 5 nitrogen and oxygen atoms in total. The number of aromatic nitrogens is 3. The van der Waals surface area contributed by atoms with Crippen molar-refractivity contribution in [2.45, 2.75) is 6.54 Å². The third kappa shape index (κ3) is 3.17. The lowest BCUT2D eigenvalue weighted by atomic mass is 10.2. The molecule has 0 unspecified atom stereocenters. The van der Waals surface area contributed by atoms with Gasteiger partial charge in [0.2, 0.25) is 0 Å². The van der Waals surface area contributed by atoms with E-state index in [4.69, 9.17) is 0 Å². The molecule has 1 amide bonds. The Balaban J connectivity index is 1.61. The number of carbonyl (C=O) groups is 1. The molecule has 0 fully saturated rings. The normalized spacial score (nSPS) is 10.8. The molecule has 4 rings (SSSR count). The Labute approximate surface area is 149 Å². The summed E-state index contributed by atoms with van der Waals surface area (Å²) < 4.78 is 14.9. The van der Waals surface area contributed by atoms with Crippen molar-refractivity contribution >= 4 is 11.6 Å². The van der Waals surface area contributed by atoms with Gasteiger partial charge in [0.05, 0.1) is 5.56 Å². The summed E-state index contributed by atoms with van der Waals surface area (Å²) in [6.07, 6.45) is 1.69. The summed E-state index contributed by atoms with van der Waals surface area (Å²) in [4.78, 5) is 12.5. The highest BCUT2D eigenvalue weighted by Gasteiger charge is 2.12. The molecule has 0 aliphatic carbocycles. The molecule has 1 N–H and O–H groups in total. The molecule has 128 valence electrons. The Morgan fingerprint density at radius 3 is 2.50 bits per heavy atom. The molecule has 0 aliphatic heterocycles. The molecule has 2 heterocycles. The minimum atomic E-state index is -0.316. The summed E-state index contributed by atoms with van der Waals surface area (Å²) in [5.74, 6) is 0.0516. The van der Waals surface area contributed by atoms with Gasteiger partial charge in [-0.3, -0.25) is 9.20 Å². The number of nitrogens with zero attached hydrogens (tertiary/aromatic N) is 3. The van der Waals surface area contributed by atoms with Crippen LogP contribution in [0.4, 0.5) is 4.39 Å². The van der Waals surface area contributed by atoms with E-state index < -0.39 is 0 Å². The minimum Gasteiger partial charge on any atom is -0.348 e. The second-order valence-electron chi connectivity index (χ2n) is 5.84. The standard InChI is InChI=1S/C20H15FN4O/c21-17-9-6-15(7-10-17)19-24-23-18-11-8-16(13-25(18)19)20(26)22-12-14-4-2-1-3-5-14/h1-11,13H,12H2,(H,22,26). The summed E-state index contributed by atoms with van der Waals surface area (Å²) in [6, 6.07) is 19.1. The molecule has 0 spiro atoms. The largest absolute Gasteiger partial charge is 0.348 e. The van der Waals surface area contributed by atoms with Gasteiger partial charge in [0.15, 0.2) is 11.5 Å². The Morgan fingerprint density at radius 2 is 1.73 bits per heavy atom. The van der Waals surface area contributed by atoms with Crippen LogP contribution in [0.15, 0.2) is 72.9 Å². The van der Waals surface area contributed by atoms with E-state index in [1.54, 1.807) is 34.9 Å². The maximum Gasteiger partial charge on any atom is 0.253 e. The number of fused-ring (bicyclic) bond motifs is 1. The number of pyridine rings is 1. The number of amides is 1. The number of hydrogen-bond acceptors (Lipinski definition) is 3. The van der Waals surface area contributed by atoms with Crippen molar-refractivity contribution in [3.05, 3.63) is 89.9 Å². The zero-order valence-corrected chi connectivity index (χ0v) is 13.8. The van der Waals surface area contributed by atoms with Crippen LogP contribution < -0.4 is 5.32 Å². The van der Waals surface area contributed by atoms with Crippen molar-refractivity contribution in [1.29, 1.82) is 0 Å². The van der Waals surface area contributed by atoms with Crippen molar-refractivity contribution in [3.8, 4) is 11.4 Å². The molecule has 0 atom stereocenters. The molecule has 4 aromatic rings. The van der Waals surface area contributed by atoms with Crippen LogP contribution in [0.25, 0.3) is 17.0 Å². The van der Waals surface area contributed by atoms with Gasteiger partial charge in [-0.05, 0) is 42.0 Å². The fourth-order valence-electron chi connectivity index (χ4n) is 2.70. The lowest BCUT2D eigenvalue weighted by molar-refractivity contribution is 0.0950. The second kappa shape index (κ2) is 6.76. The smallest absolute Gasteiger partial charge is 0.253 e. The molecule has 0 saturated carbocycles. The quantitative estimate of drug-likeness (QED) is 0.616. The number of carbonyl (C=O) groups excluding carboxylic acids is 1. The molecule has 0 radical (unpaired) electrons. The number of halogens is 1. The van der Waals surface area contributed by atoms with Crippen molar-refractivity contribution in [2.75, 3.05) is 0 Å². The Hall–Kier alpha value is -3.54. The summed E-state index contributed by atoms with van der Waals surface area (Å²) >= 11 is 0. The molecular formula is C20H15FN4O. The highest BCUT2D eigenvalue weighted by atomic mass is 19.1. The second-order valence-corrected chi connectivity index (χ2v) is 5.84. The first-order valence-electron chi connectivity index (χ1n) is 8.13. The summed E-state index contributed by atoms with van der Waals surface area (Å²) in [6.45, 7) is 0.449. The minimum absolute atomic E-state index is 0.186. The van der Waals surface area contributed by atoms with E-state index in [1.807, 2.05) is 30.3 Å². The Bertz CT molecular complexity index is 1060. The van der Waals surface area contributed by atoms with Gasteiger partial charge in [0, 0.05) is 18.3 Å². The maximum absolute atomic E-state index is 13.1. The van der Waals surface area contributed by atoms with Crippen LogP contribution in [0.3, 0.4) is 0 Å². The third-order valence-electron chi connectivity index (χ3n) is 4.06. The summed E-state index contributed by atoms with van der Waals surface area (Å²) in [5.41, 5.74) is 2.86. The van der Waals surface area contributed by atoms with Crippen molar-refractivity contribution in [3.63, 3.8) is 0 Å². The fourth-order valence-corrected chi connectivity index (χ4v) is 2.70. The number of nitrogens with one attached hydrogen (secondary N) is 1. The van der Waals surface area contributed by atoms with Crippen molar-refractivity contribution in [1.82, 2.24) is 19.9 Å². The topological polar surface area (TPSA) is 59.3 Å². The van der Waals surface area contributed by atoms with E-state index in [0.29, 0.717) is 23.6 Å². The Morgan fingerprint density at radius 1 is 0.962 bits per heavy atom. The van der Waals surface area contributed by atoms with Crippen LogP contribution in [-0.2, 0) is 6.54 Å². The van der Waals surface area contributed by atoms with Gasteiger partial charge < -0.3 is 5.32 Å². The average molecular weight is 346 g/mol. The summed E-state index contributed by atoms with van der Waals surface area (Å²) in [7, 11) is 0. The molecule has 2 aromatic heterocycles. The lowest BCUT2D eigenvalue weighted by Crippen LogP contribution is -2.23. The van der Waals surface area contributed by atoms with Crippen LogP contribution in [-0.4, -0.2) is 20.5 Å². The predicted molar refractivity (Wildman–Crippen MR) is 96.0 cm³/mol. The van der Waals surface area contributed by atoms with E-state index in [2.05, 4.69) is 15.5 Å². The molecule has 0 aliphatic rings. The maximum atomic E-state index is 13.1. The van der Waals surface area contributed by atoms with Crippen LogP contribution in [0.1, 0.15) is 15.9 Å². The zero-order valence-electron chi connectivity index (χ0n) is 13.8. The van der Waals surface area contributed by atoms with E-state index >= 15 is 0 Å². The first kappa shape index (κ1) is 16.0. The van der Waals surface area contributed by atoms with Gasteiger partial charge in [-0.2, -0.15) is 0 Å². The SMILES string of the molecule is O=C(NCc1ccccc1)c1ccc2nnc(-c3ccc(F)cc3)n2c1. The monoisotopic (exact) mass is 346 g/mol. The molecule has 6 heteroatoms. The number of hydrogen-bond donors (Lipinski definition) is 1. The van der Waals surface area contributed by atoms with E-state index in [-0.39, 0.29) is 11.7 Å². The molecule has 0 bridgehead atoms. The van der Waals surface area contributed by atoms with Gasteiger partial charge in [0.1, 0.15) is 5.82 Å². The molecule has 2 aromatic carbocycles. The van der Waals surface area contributed by atoms with Crippen LogP contribution in [0.2, 0.25) is 0 Å². The first-order chi connectivity index (χ1) is 12.7. The Kier molecular flexibility index (Phi) is 4.15. The number of rotatable bonds is 4. The van der Waals surface area contributed by atoms with Crippen LogP contribution >= 0.6 is 0 Å². The first-order valence-corrected chi connectivity index (χ1v) is 8.13. The van der Waals surface area contributed by atoms with E-state index in [0.717, 1.165) is 11.1 Å². The fraction of sp³-hybridized carbons (Fsp3) is 0.0500.